The third kappa shape index (κ3) is 6.29. The molecule has 0 amide bonds. The fourth-order valence-corrected chi connectivity index (χ4v) is 2.93. The minimum absolute atomic E-state index is 0. The van der Waals surface area contributed by atoms with E-state index in [1.54, 1.807) is 0 Å². The van der Waals surface area contributed by atoms with Gasteiger partial charge in [0.05, 0.1) is 13.2 Å². The summed E-state index contributed by atoms with van der Waals surface area (Å²) in [6.07, 6.45) is 3.78. The molecule has 3 rings (SSSR count). The van der Waals surface area contributed by atoms with Gasteiger partial charge in [-0.15, -0.1) is 12.4 Å². The van der Waals surface area contributed by atoms with Gasteiger partial charge in [0.15, 0.2) is 0 Å². The van der Waals surface area contributed by atoms with Gasteiger partial charge in [0.25, 0.3) is 0 Å². The molecule has 25 heavy (non-hydrogen) atoms. The summed E-state index contributed by atoms with van der Waals surface area (Å²) in [6.45, 7) is 5.85. The summed E-state index contributed by atoms with van der Waals surface area (Å²) < 4.78 is 11.4. The number of hydrogen-bond acceptors (Lipinski definition) is 5. The van der Waals surface area contributed by atoms with E-state index < -0.39 is 0 Å². The van der Waals surface area contributed by atoms with Crippen molar-refractivity contribution in [2.75, 3.05) is 46.0 Å². The van der Waals surface area contributed by atoms with E-state index in [1.807, 2.05) is 48.8 Å². The third-order valence-electron chi connectivity index (χ3n) is 4.19. The highest BCUT2D eigenvalue weighted by atomic mass is 35.5. The summed E-state index contributed by atoms with van der Waals surface area (Å²) in [6, 6.07) is 14.4. The largest absolute Gasteiger partial charge is 0.491 e. The Morgan fingerprint density at radius 3 is 2.76 bits per heavy atom. The lowest BCUT2D eigenvalue weighted by Crippen LogP contribution is -2.47. The van der Waals surface area contributed by atoms with Crippen molar-refractivity contribution in [1.82, 2.24) is 15.2 Å². The summed E-state index contributed by atoms with van der Waals surface area (Å²) in [5, 5.41) is 3.46. The van der Waals surface area contributed by atoms with Crippen LogP contribution in [-0.2, 0) is 4.74 Å². The second kappa shape index (κ2) is 11.1. The molecule has 1 N–H and O–H groups in total. The van der Waals surface area contributed by atoms with E-state index in [4.69, 9.17) is 9.47 Å². The summed E-state index contributed by atoms with van der Waals surface area (Å²) in [5.41, 5.74) is 1.26. The van der Waals surface area contributed by atoms with E-state index in [0.29, 0.717) is 19.3 Å². The zero-order valence-corrected chi connectivity index (χ0v) is 15.2. The number of nitrogens with zero attached hydrogens (tertiary/aromatic N) is 2. The van der Waals surface area contributed by atoms with Crippen LogP contribution >= 0.6 is 12.4 Å². The highest BCUT2D eigenvalue weighted by Crippen LogP contribution is 2.20. The van der Waals surface area contributed by atoms with Crippen molar-refractivity contribution in [3.63, 3.8) is 0 Å². The van der Waals surface area contributed by atoms with Crippen LogP contribution in [0.4, 0.5) is 0 Å². The standard InChI is InChI=1S/C19H25N3O2.ClH/c1-2-6-18(7-3-1)24-14-13-23-12-11-22-10-9-21-16-19(22)17-5-4-8-20-15-17;/h1-8,15,19,21H,9-14,16H2;1H. The predicted octanol–water partition coefficient (Wildman–Crippen LogP) is 2.55. The number of aromatic nitrogens is 1. The van der Waals surface area contributed by atoms with Gasteiger partial charge in [-0.2, -0.15) is 0 Å². The van der Waals surface area contributed by atoms with Gasteiger partial charge in [0.1, 0.15) is 12.4 Å². The lowest BCUT2D eigenvalue weighted by molar-refractivity contribution is 0.0609. The van der Waals surface area contributed by atoms with Crippen LogP contribution in [0, 0.1) is 0 Å². The van der Waals surface area contributed by atoms with Crippen LogP contribution in [0.1, 0.15) is 11.6 Å². The fraction of sp³-hybridized carbons (Fsp3) is 0.421. The Labute approximate surface area is 155 Å². The predicted molar refractivity (Wildman–Crippen MR) is 101 cm³/mol. The lowest BCUT2D eigenvalue weighted by Gasteiger charge is -2.36. The Hall–Kier alpha value is -1.66. The molecule has 1 aliphatic rings. The SMILES string of the molecule is Cl.c1ccc(OCCOCCN2CCNCC2c2cccnc2)cc1. The molecule has 1 saturated heterocycles. The second-order valence-electron chi connectivity index (χ2n) is 5.82. The molecule has 0 bridgehead atoms. The Bertz CT molecular complexity index is 586. The summed E-state index contributed by atoms with van der Waals surface area (Å²) >= 11 is 0. The minimum Gasteiger partial charge on any atom is -0.491 e. The maximum atomic E-state index is 5.74. The summed E-state index contributed by atoms with van der Waals surface area (Å²) in [4.78, 5) is 6.71. The number of halogens is 1. The molecule has 0 radical (unpaired) electrons. The molecule has 1 aromatic carbocycles. The first-order valence-corrected chi connectivity index (χ1v) is 8.54. The van der Waals surface area contributed by atoms with Crippen LogP contribution in [0.5, 0.6) is 5.75 Å². The van der Waals surface area contributed by atoms with Crippen molar-refractivity contribution < 1.29 is 9.47 Å². The van der Waals surface area contributed by atoms with Crippen LogP contribution in [-0.4, -0.2) is 55.9 Å². The number of piperazine rings is 1. The zero-order chi connectivity index (χ0) is 16.5. The van der Waals surface area contributed by atoms with Gasteiger partial charge in [0, 0.05) is 44.6 Å². The molecule has 6 heteroatoms. The number of rotatable bonds is 8. The molecule has 1 atom stereocenters. The number of para-hydroxylation sites is 1. The van der Waals surface area contributed by atoms with Crippen LogP contribution in [0.3, 0.4) is 0 Å². The van der Waals surface area contributed by atoms with Crippen LogP contribution < -0.4 is 10.1 Å². The van der Waals surface area contributed by atoms with Crippen molar-refractivity contribution in [3.05, 3.63) is 60.4 Å². The number of ether oxygens (including phenoxy) is 2. The second-order valence-corrected chi connectivity index (χ2v) is 5.82. The first-order valence-electron chi connectivity index (χ1n) is 8.54. The number of hydrogen-bond donors (Lipinski definition) is 1. The van der Waals surface area contributed by atoms with Crippen LogP contribution in [0.15, 0.2) is 54.9 Å². The van der Waals surface area contributed by atoms with Crippen molar-refractivity contribution in [3.8, 4) is 5.75 Å². The van der Waals surface area contributed by atoms with Gasteiger partial charge in [-0.25, -0.2) is 0 Å². The average molecular weight is 364 g/mol. The quantitative estimate of drug-likeness (QED) is 0.730. The molecule has 136 valence electrons. The molecule has 1 aromatic heterocycles. The number of benzene rings is 1. The van der Waals surface area contributed by atoms with Crippen LogP contribution in [0.2, 0.25) is 0 Å². The third-order valence-corrected chi connectivity index (χ3v) is 4.19. The molecule has 2 aromatic rings. The van der Waals surface area contributed by atoms with E-state index in [2.05, 4.69) is 21.3 Å². The van der Waals surface area contributed by atoms with E-state index in [0.717, 1.165) is 38.5 Å². The Kier molecular flexibility index (Phi) is 8.69. The first-order chi connectivity index (χ1) is 11.9. The van der Waals surface area contributed by atoms with Gasteiger partial charge in [-0.05, 0) is 23.8 Å². The monoisotopic (exact) mass is 363 g/mol. The Morgan fingerprint density at radius 2 is 1.96 bits per heavy atom. The van der Waals surface area contributed by atoms with E-state index in [1.165, 1.54) is 5.56 Å². The highest BCUT2D eigenvalue weighted by molar-refractivity contribution is 5.85. The van der Waals surface area contributed by atoms with Gasteiger partial charge in [-0.1, -0.05) is 24.3 Å². The maximum Gasteiger partial charge on any atom is 0.119 e. The van der Waals surface area contributed by atoms with Gasteiger partial charge in [0.2, 0.25) is 0 Å². The molecule has 0 spiro atoms. The molecule has 2 heterocycles. The Morgan fingerprint density at radius 1 is 1.08 bits per heavy atom. The lowest BCUT2D eigenvalue weighted by atomic mass is 10.1. The van der Waals surface area contributed by atoms with Crippen molar-refractivity contribution in [2.24, 2.45) is 0 Å². The molecular weight excluding hydrogens is 338 g/mol. The highest BCUT2D eigenvalue weighted by Gasteiger charge is 2.23. The Balaban J connectivity index is 0.00000225. The van der Waals surface area contributed by atoms with Crippen molar-refractivity contribution in [2.45, 2.75) is 6.04 Å². The molecule has 1 fully saturated rings. The zero-order valence-electron chi connectivity index (χ0n) is 14.3. The normalized spacial score (nSPS) is 17.7. The van der Waals surface area contributed by atoms with Gasteiger partial charge >= 0.3 is 0 Å². The minimum atomic E-state index is 0. The topological polar surface area (TPSA) is 46.6 Å². The molecule has 0 aliphatic carbocycles. The molecular formula is C19H26ClN3O2. The van der Waals surface area contributed by atoms with Crippen LogP contribution in [0.25, 0.3) is 0 Å². The number of pyridine rings is 1. The smallest absolute Gasteiger partial charge is 0.119 e. The molecule has 1 unspecified atom stereocenters. The van der Waals surface area contributed by atoms with E-state index in [-0.39, 0.29) is 12.4 Å². The van der Waals surface area contributed by atoms with E-state index >= 15 is 0 Å². The summed E-state index contributed by atoms with van der Waals surface area (Å²) in [5.74, 6) is 0.889. The van der Waals surface area contributed by atoms with Crippen molar-refractivity contribution >= 4 is 12.4 Å². The summed E-state index contributed by atoms with van der Waals surface area (Å²) in [7, 11) is 0. The molecule has 5 nitrogen and oxygen atoms in total. The fourth-order valence-electron chi connectivity index (χ4n) is 2.93. The molecule has 1 aliphatic heterocycles. The first kappa shape index (κ1) is 19.7. The van der Waals surface area contributed by atoms with Gasteiger partial charge in [-0.3, -0.25) is 9.88 Å². The van der Waals surface area contributed by atoms with Crippen molar-refractivity contribution in [1.29, 1.82) is 0 Å². The number of nitrogens with one attached hydrogen (secondary N) is 1. The van der Waals surface area contributed by atoms with E-state index in [9.17, 15) is 0 Å². The average Bonchev–Trinajstić information content (AvgIpc) is 2.66. The maximum absolute atomic E-state index is 5.74. The van der Waals surface area contributed by atoms with Gasteiger partial charge < -0.3 is 14.8 Å². The molecule has 0 saturated carbocycles.